The van der Waals surface area contributed by atoms with Gasteiger partial charge in [-0.25, -0.2) is 0 Å². The number of anilines is 1. The van der Waals surface area contributed by atoms with E-state index in [0.29, 0.717) is 11.3 Å². The van der Waals surface area contributed by atoms with Gasteiger partial charge in [-0.15, -0.1) is 0 Å². The number of rotatable bonds is 4. The summed E-state index contributed by atoms with van der Waals surface area (Å²) in [6.07, 6.45) is 0. The van der Waals surface area contributed by atoms with Gasteiger partial charge in [-0.05, 0) is 19.1 Å². The first-order valence-corrected chi connectivity index (χ1v) is 6.08. The molecule has 96 valence electrons. The normalized spacial score (nSPS) is 11.1. The van der Waals surface area contributed by atoms with Crippen LogP contribution < -0.4 is 16.9 Å². The van der Waals surface area contributed by atoms with Crippen LogP contribution in [0.25, 0.3) is 0 Å². The van der Waals surface area contributed by atoms with Crippen LogP contribution in [0.3, 0.4) is 0 Å². The highest BCUT2D eigenvalue weighted by molar-refractivity contribution is 8.14. The molecular weight excluding hydrogens is 252 g/mol. The standard InChI is InChI=1S/C11H14N4O2S/c1-7(16)8-3-2-4-9(5-8)14-10(17)6-18-11(12)15-13/h2-5H,6,13H2,1H3,(H2,12,15)(H,14,17). The summed E-state index contributed by atoms with van der Waals surface area (Å²) in [5.74, 6) is 4.75. The number of nitrogens with two attached hydrogens (primary N) is 2. The van der Waals surface area contributed by atoms with Gasteiger partial charge in [0.1, 0.15) is 0 Å². The largest absolute Gasteiger partial charge is 0.377 e. The summed E-state index contributed by atoms with van der Waals surface area (Å²) >= 11 is 1.04. The number of nitrogens with zero attached hydrogens (tertiary/aromatic N) is 1. The summed E-state index contributed by atoms with van der Waals surface area (Å²) < 4.78 is 0. The van der Waals surface area contributed by atoms with Crippen molar-refractivity contribution in [2.75, 3.05) is 11.1 Å². The topological polar surface area (TPSA) is 111 Å². The van der Waals surface area contributed by atoms with Crippen LogP contribution in [-0.2, 0) is 4.79 Å². The van der Waals surface area contributed by atoms with Gasteiger partial charge in [0.25, 0.3) is 0 Å². The Balaban J connectivity index is 2.59. The van der Waals surface area contributed by atoms with Gasteiger partial charge in [0.05, 0.1) is 5.75 Å². The number of hydrazone groups is 1. The molecule has 0 unspecified atom stereocenters. The molecule has 0 aromatic heterocycles. The first kappa shape index (κ1) is 14.0. The van der Waals surface area contributed by atoms with Gasteiger partial charge in [-0.1, -0.05) is 23.9 Å². The summed E-state index contributed by atoms with van der Waals surface area (Å²) in [5, 5.41) is 6.03. The van der Waals surface area contributed by atoms with Gasteiger partial charge in [-0.3, -0.25) is 9.59 Å². The smallest absolute Gasteiger partial charge is 0.234 e. The Morgan fingerprint density at radius 1 is 1.44 bits per heavy atom. The maximum Gasteiger partial charge on any atom is 0.234 e. The maximum atomic E-state index is 11.5. The fourth-order valence-corrected chi connectivity index (χ4v) is 1.62. The van der Waals surface area contributed by atoms with Gasteiger partial charge in [0.2, 0.25) is 5.91 Å². The Labute approximate surface area is 109 Å². The fourth-order valence-electron chi connectivity index (χ4n) is 1.19. The lowest BCUT2D eigenvalue weighted by Gasteiger charge is -2.05. The monoisotopic (exact) mass is 266 g/mol. The third-order valence-corrected chi connectivity index (χ3v) is 2.84. The van der Waals surface area contributed by atoms with Crippen LogP contribution in [0.15, 0.2) is 29.4 Å². The van der Waals surface area contributed by atoms with E-state index in [1.54, 1.807) is 24.3 Å². The lowest BCUT2D eigenvalue weighted by atomic mass is 10.1. The van der Waals surface area contributed by atoms with Crippen molar-refractivity contribution in [1.29, 1.82) is 0 Å². The molecule has 0 aliphatic carbocycles. The molecule has 1 aromatic rings. The minimum atomic E-state index is -0.243. The van der Waals surface area contributed by atoms with Crippen LogP contribution in [0.5, 0.6) is 0 Å². The minimum Gasteiger partial charge on any atom is -0.377 e. The van der Waals surface area contributed by atoms with E-state index >= 15 is 0 Å². The molecule has 1 rings (SSSR count). The third kappa shape index (κ3) is 4.46. The number of carbonyl (C=O) groups excluding carboxylic acids is 2. The molecule has 7 heteroatoms. The zero-order valence-electron chi connectivity index (χ0n) is 9.84. The van der Waals surface area contributed by atoms with E-state index in [4.69, 9.17) is 11.6 Å². The lowest BCUT2D eigenvalue weighted by Crippen LogP contribution is -2.18. The molecule has 0 heterocycles. The second kappa shape index (κ2) is 6.65. The summed E-state index contributed by atoms with van der Waals surface area (Å²) in [7, 11) is 0. The number of hydrogen-bond acceptors (Lipinski definition) is 5. The summed E-state index contributed by atoms with van der Waals surface area (Å²) in [4.78, 5) is 22.7. The van der Waals surface area contributed by atoms with Gasteiger partial charge in [-0.2, -0.15) is 5.10 Å². The quantitative estimate of drug-likeness (QED) is 0.245. The molecule has 0 aliphatic heterocycles. The number of thioether (sulfide) groups is 1. The molecule has 0 bridgehead atoms. The summed E-state index contributed by atoms with van der Waals surface area (Å²) in [6.45, 7) is 1.47. The van der Waals surface area contributed by atoms with Crippen LogP contribution >= 0.6 is 11.8 Å². The molecule has 0 spiro atoms. The van der Waals surface area contributed by atoms with Crippen molar-refractivity contribution >= 4 is 34.3 Å². The number of benzene rings is 1. The average molecular weight is 266 g/mol. The van der Waals surface area contributed by atoms with Crippen LogP contribution in [0.1, 0.15) is 17.3 Å². The van der Waals surface area contributed by atoms with E-state index in [2.05, 4.69) is 10.4 Å². The molecule has 1 amide bonds. The second-order valence-corrected chi connectivity index (χ2v) is 4.44. The number of carbonyl (C=O) groups is 2. The molecule has 0 fully saturated rings. The Hall–Kier alpha value is -2.02. The maximum absolute atomic E-state index is 11.5. The number of ketones is 1. The summed E-state index contributed by atoms with van der Waals surface area (Å²) in [6, 6.07) is 6.71. The van der Waals surface area contributed by atoms with E-state index < -0.39 is 0 Å². The first-order valence-electron chi connectivity index (χ1n) is 5.10. The van der Waals surface area contributed by atoms with E-state index in [1.165, 1.54) is 6.92 Å². The lowest BCUT2D eigenvalue weighted by molar-refractivity contribution is -0.113. The number of amides is 1. The summed E-state index contributed by atoms with van der Waals surface area (Å²) in [5.41, 5.74) is 6.45. The second-order valence-electron chi connectivity index (χ2n) is 3.44. The predicted molar refractivity (Wildman–Crippen MR) is 73.3 cm³/mol. The first-order chi connectivity index (χ1) is 8.52. The molecule has 0 atom stereocenters. The zero-order chi connectivity index (χ0) is 13.5. The highest BCUT2D eigenvalue weighted by Crippen LogP contribution is 2.11. The van der Waals surface area contributed by atoms with Crippen molar-refractivity contribution < 1.29 is 9.59 Å². The average Bonchev–Trinajstić information content (AvgIpc) is 2.36. The van der Waals surface area contributed by atoms with Crippen molar-refractivity contribution in [3.8, 4) is 0 Å². The zero-order valence-corrected chi connectivity index (χ0v) is 10.7. The molecule has 18 heavy (non-hydrogen) atoms. The molecule has 6 nitrogen and oxygen atoms in total. The Morgan fingerprint density at radius 2 is 2.17 bits per heavy atom. The minimum absolute atomic E-state index is 0.0556. The van der Waals surface area contributed by atoms with Crippen LogP contribution in [0.4, 0.5) is 5.69 Å². The van der Waals surface area contributed by atoms with E-state index in [1.807, 2.05) is 0 Å². The predicted octanol–water partition coefficient (Wildman–Crippen LogP) is 0.749. The van der Waals surface area contributed by atoms with Crippen molar-refractivity contribution in [3.05, 3.63) is 29.8 Å². The van der Waals surface area contributed by atoms with Crippen molar-refractivity contribution in [1.82, 2.24) is 0 Å². The fraction of sp³-hybridized carbons (Fsp3) is 0.182. The Bertz CT molecular complexity index is 488. The molecule has 0 saturated heterocycles. The molecular formula is C11H14N4O2S. The molecule has 1 aromatic carbocycles. The molecule has 0 radical (unpaired) electrons. The highest BCUT2D eigenvalue weighted by Gasteiger charge is 2.06. The van der Waals surface area contributed by atoms with Crippen LogP contribution in [-0.4, -0.2) is 22.6 Å². The van der Waals surface area contributed by atoms with Crippen LogP contribution in [0.2, 0.25) is 0 Å². The number of Topliss-reactive ketones (excluding diaryl/α,β-unsaturated/α-hetero) is 1. The number of nitrogens with one attached hydrogen (secondary N) is 1. The SMILES string of the molecule is CC(=O)c1cccc(NC(=O)CSC(N)=NN)c1. The number of amidine groups is 1. The molecule has 0 saturated carbocycles. The van der Waals surface area contributed by atoms with E-state index in [9.17, 15) is 9.59 Å². The highest BCUT2D eigenvalue weighted by atomic mass is 32.2. The van der Waals surface area contributed by atoms with Crippen LogP contribution in [0, 0.1) is 0 Å². The van der Waals surface area contributed by atoms with Gasteiger partial charge in [0.15, 0.2) is 11.0 Å². The Kier molecular flexibility index (Phi) is 5.19. The third-order valence-electron chi connectivity index (χ3n) is 2.03. The van der Waals surface area contributed by atoms with Gasteiger partial charge >= 0.3 is 0 Å². The van der Waals surface area contributed by atoms with Gasteiger partial charge in [0, 0.05) is 11.3 Å². The van der Waals surface area contributed by atoms with E-state index in [0.717, 1.165) is 11.8 Å². The number of hydrogen-bond donors (Lipinski definition) is 3. The van der Waals surface area contributed by atoms with Crippen molar-refractivity contribution in [2.24, 2.45) is 16.7 Å². The molecule has 0 aliphatic rings. The van der Waals surface area contributed by atoms with Gasteiger partial charge < -0.3 is 16.9 Å². The van der Waals surface area contributed by atoms with Crippen molar-refractivity contribution in [3.63, 3.8) is 0 Å². The molecule has 5 N–H and O–H groups in total. The van der Waals surface area contributed by atoms with Crippen molar-refractivity contribution in [2.45, 2.75) is 6.92 Å². The van der Waals surface area contributed by atoms with E-state index in [-0.39, 0.29) is 22.6 Å². The Morgan fingerprint density at radius 3 is 2.78 bits per heavy atom.